The molecule has 5 nitrogen and oxygen atoms in total. The minimum absolute atomic E-state index is 0.0611. The highest BCUT2D eigenvalue weighted by atomic mass is 16.2. The second kappa shape index (κ2) is 8.70. The van der Waals surface area contributed by atoms with Crippen molar-refractivity contribution in [3.8, 4) is 0 Å². The van der Waals surface area contributed by atoms with Crippen LogP contribution in [0.4, 0.5) is 0 Å². The number of nitrogens with zero attached hydrogens (tertiary/aromatic N) is 3. The topological polar surface area (TPSA) is 45.6 Å². The standard InChI is InChI=1S/C27H33N3O2/c1-3-29-25-11-10-21(27(32)30-14-6-8-20-7-4-5-9-24(20)30)17-23(25)22(18-26(29)31)19-12-15-28(2)16-13-19/h4-5,9-11,17-20H,3,6-8,12-16H2,1-2H3. The third kappa shape index (κ3) is 3.73. The summed E-state index contributed by atoms with van der Waals surface area (Å²) in [7, 11) is 2.15. The zero-order valence-corrected chi connectivity index (χ0v) is 19.2. The number of piperidine rings is 2. The number of hydrogen-bond acceptors (Lipinski definition) is 3. The highest BCUT2D eigenvalue weighted by molar-refractivity contribution is 5.99. The molecule has 32 heavy (non-hydrogen) atoms. The van der Waals surface area contributed by atoms with Gasteiger partial charge >= 0.3 is 0 Å². The van der Waals surface area contributed by atoms with Gasteiger partial charge in [0.25, 0.3) is 11.5 Å². The Labute approximate surface area is 190 Å². The molecule has 1 aliphatic carbocycles. The Kier molecular flexibility index (Phi) is 5.76. The maximum atomic E-state index is 13.6. The van der Waals surface area contributed by atoms with Gasteiger partial charge in [-0.3, -0.25) is 9.59 Å². The summed E-state index contributed by atoms with van der Waals surface area (Å²) in [5, 5.41) is 1.07. The lowest BCUT2D eigenvalue weighted by molar-refractivity contribution is 0.0757. The van der Waals surface area contributed by atoms with Crippen LogP contribution in [-0.2, 0) is 6.54 Å². The van der Waals surface area contributed by atoms with Gasteiger partial charge in [-0.1, -0.05) is 12.2 Å². The quantitative estimate of drug-likeness (QED) is 0.717. The third-order valence-corrected chi connectivity index (χ3v) is 7.60. The van der Waals surface area contributed by atoms with Gasteiger partial charge in [-0.2, -0.15) is 0 Å². The zero-order valence-electron chi connectivity index (χ0n) is 19.2. The smallest absolute Gasteiger partial charge is 0.258 e. The lowest BCUT2D eigenvalue weighted by atomic mass is 9.86. The summed E-state index contributed by atoms with van der Waals surface area (Å²) >= 11 is 0. The van der Waals surface area contributed by atoms with Crippen molar-refractivity contribution < 1.29 is 4.79 Å². The summed E-state index contributed by atoms with van der Waals surface area (Å²) in [6.07, 6.45) is 11.7. The summed E-state index contributed by atoms with van der Waals surface area (Å²) in [6, 6.07) is 7.79. The molecular weight excluding hydrogens is 398 g/mol. The second-order valence-electron chi connectivity index (χ2n) is 9.54. The molecule has 168 valence electrons. The molecule has 5 rings (SSSR count). The Morgan fingerprint density at radius 3 is 2.66 bits per heavy atom. The number of aryl methyl sites for hydroxylation is 1. The number of pyridine rings is 1. The van der Waals surface area contributed by atoms with E-state index in [1.807, 2.05) is 34.6 Å². The Balaban J connectivity index is 1.58. The van der Waals surface area contributed by atoms with Crippen molar-refractivity contribution >= 4 is 16.8 Å². The summed E-state index contributed by atoms with van der Waals surface area (Å²) in [4.78, 5) is 30.9. The number of likely N-dealkylation sites (tertiary alicyclic amines) is 2. The fraction of sp³-hybridized carbons (Fsp3) is 0.481. The van der Waals surface area contributed by atoms with Crippen molar-refractivity contribution in [2.75, 3.05) is 26.7 Å². The molecule has 0 saturated carbocycles. The van der Waals surface area contributed by atoms with Crippen molar-refractivity contribution in [2.45, 2.75) is 51.5 Å². The molecule has 2 fully saturated rings. The average Bonchev–Trinajstić information content (AvgIpc) is 2.83. The molecule has 1 aromatic heterocycles. The van der Waals surface area contributed by atoms with E-state index in [-0.39, 0.29) is 11.5 Å². The molecule has 0 radical (unpaired) electrons. The first-order valence-electron chi connectivity index (χ1n) is 12.1. The molecule has 3 heterocycles. The zero-order chi connectivity index (χ0) is 22.2. The van der Waals surface area contributed by atoms with Crippen molar-refractivity contribution in [3.05, 3.63) is 69.7 Å². The SMILES string of the molecule is CCn1c(=O)cc(C2CCN(C)CC2)c2cc(C(=O)N3CCCC4CC=CC=C43)ccc21. The molecular formula is C27H33N3O2. The molecule has 2 saturated heterocycles. The number of benzene rings is 1. The number of aromatic nitrogens is 1. The second-order valence-corrected chi connectivity index (χ2v) is 9.54. The Bertz CT molecular complexity index is 1150. The number of carbonyl (C=O) groups excluding carboxylic acids is 1. The Morgan fingerprint density at radius 1 is 1.06 bits per heavy atom. The largest absolute Gasteiger partial charge is 0.312 e. The fourth-order valence-electron chi connectivity index (χ4n) is 5.77. The van der Waals surface area contributed by atoms with Crippen molar-refractivity contribution in [1.29, 1.82) is 0 Å². The third-order valence-electron chi connectivity index (χ3n) is 7.60. The van der Waals surface area contributed by atoms with Crippen LogP contribution >= 0.6 is 0 Å². The molecule has 1 amide bonds. The normalized spacial score (nSPS) is 22.1. The van der Waals surface area contributed by atoms with Gasteiger partial charge < -0.3 is 14.4 Å². The van der Waals surface area contributed by atoms with Crippen LogP contribution < -0.4 is 5.56 Å². The Hall–Kier alpha value is -2.66. The first-order chi connectivity index (χ1) is 15.6. The predicted molar refractivity (Wildman–Crippen MR) is 129 cm³/mol. The van der Waals surface area contributed by atoms with E-state index in [1.165, 1.54) is 0 Å². The highest BCUT2D eigenvalue weighted by Crippen LogP contribution is 2.35. The molecule has 2 aromatic rings. The minimum Gasteiger partial charge on any atom is -0.312 e. The van der Waals surface area contributed by atoms with Crippen molar-refractivity contribution in [3.63, 3.8) is 0 Å². The van der Waals surface area contributed by atoms with Gasteiger partial charge in [0.05, 0.1) is 5.52 Å². The predicted octanol–water partition coefficient (Wildman–Crippen LogP) is 4.53. The molecule has 1 aromatic carbocycles. The van der Waals surface area contributed by atoms with Crippen LogP contribution in [0.15, 0.2) is 53.0 Å². The first kappa shape index (κ1) is 21.2. The number of carbonyl (C=O) groups is 1. The molecule has 5 heteroatoms. The fourth-order valence-corrected chi connectivity index (χ4v) is 5.77. The van der Waals surface area contributed by atoms with Gasteiger partial charge in [0.2, 0.25) is 0 Å². The van der Waals surface area contributed by atoms with Crippen LogP contribution in [0.5, 0.6) is 0 Å². The van der Waals surface area contributed by atoms with Crippen LogP contribution in [0, 0.1) is 5.92 Å². The maximum absolute atomic E-state index is 13.6. The van der Waals surface area contributed by atoms with E-state index in [2.05, 4.69) is 36.2 Å². The monoisotopic (exact) mass is 431 g/mol. The number of fused-ring (bicyclic) bond motifs is 2. The Morgan fingerprint density at radius 2 is 1.88 bits per heavy atom. The highest BCUT2D eigenvalue weighted by Gasteiger charge is 2.30. The van der Waals surface area contributed by atoms with Gasteiger partial charge in [0.15, 0.2) is 0 Å². The van der Waals surface area contributed by atoms with E-state index in [0.29, 0.717) is 18.4 Å². The molecule has 0 bridgehead atoms. The van der Waals surface area contributed by atoms with E-state index >= 15 is 0 Å². The summed E-state index contributed by atoms with van der Waals surface area (Å²) in [6.45, 7) is 5.50. The van der Waals surface area contributed by atoms with Crippen LogP contribution in [0.1, 0.15) is 60.9 Å². The summed E-state index contributed by atoms with van der Waals surface area (Å²) < 4.78 is 1.83. The molecule has 3 aliphatic rings. The van der Waals surface area contributed by atoms with Crippen molar-refractivity contribution in [1.82, 2.24) is 14.4 Å². The number of rotatable bonds is 3. The van der Waals surface area contributed by atoms with E-state index in [0.717, 1.165) is 79.5 Å². The maximum Gasteiger partial charge on any atom is 0.258 e. The van der Waals surface area contributed by atoms with Gasteiger partial charge in [-0.05, 0) is 94.9 Å². The van der Waals surface area contributed by atoms with Gasteiger partial charge in [-0.25, -0.2) is 0 Å². The lowest BCUT2D eigenvalue weighted by Crippen LogP contribution is -2.38. The molecule has 0 N–H and O–H groups in total. The molecule has 1 atom stereocenters. The minimum atomic E-state index is 0.0611. The van der Waals surface area contributed by atoms with Gasteiger partial charge in [0, 0.05) is 41.7 Å². The number of hydrogen-bond donors (Lipinski definition) is 0. The summed E-state index contributed by atoms with van der Waals surface area (Å²) in [5.74, 6) is 0.906. The summed E-state index contributed by atoms with van der Waals surface area (Å²) in [5.41, 5.74) is 4.02. The van der Waals surface area contributed by atoms with Crippen LogP contribution in [0.25, 0.3) is 10.9 Å². The van der Waals surface area contributed by atoms with Crippen LogP contribution in [0.3, 0.4) is 0 Å². The van der Waals surface area contributed by atoms with E-state index < -0.39 is 0 Å². The van der Waals surface area contributed by atoms with Gasteiger partial charge in [-0.15, -0.1) is 0 Å². The molecule has 0 spiro atoms. The van der Waals surface area contributed by atoms with Crippen molar-refractivity contribution in [2.24, 2.45) is 5.92 Å². The number of allylic oxidation sites excluding steroid dienone is 4. The van der Waals surface area contributed by atoms with Crippen LogP contribution in [0.2, 0.25) is 0 Å². The van der Waals surface area contributed by atoms with Gasteiger partial charge in [0.1, 0.15) is 0 Å². The first-order valence-corrected chi connectivity index (χ1v) is 12.1. The van der Waals surface area contributed by atoms with Crippen LogP contribution in [-0.4, -0.2) is 47.0 Å². The molecule has 1 unspecified atom stereocenters. The van der Waals surface area contributed by atoms with E-state index in [4.69, 9.17) is 0 Å². The average molecular weight is 432 g/mol. The lowest BCUT2D eigenvalue weighted by Gasteiger charge is -2.36. The van der Waals surface area contributed by atoms with E-state index in [9.17, 15) is 9.59 Å². The molecule has 2 aliphatic heterocycles. The number of amides is 1. The van der Waals surface area contributed by atoms with E-state index in [1.54, 1.807) is 0 Å².